The molecule has 0 spiro atoms. The van der Waals surface area contributed by atoms with Crippen molar-refractivity contribution in [3.05, 3.63) is 83.9 Å². The fourth-order valence-electron chi connectivity index (χ4n) is 4.64. The number of carbonyl (C=O) groups is 2. The number of rotatable bonds is 6. The number of anilines is 2. The molecule has 1 heterocycles. The number of nitrogens with zero attached hydrogens (tertiary/aromatic N) is 2. The van der Waals surface area contributed by atoms with Crippen LogP contribution in [0.2, 0.25) is 0 Å². The number of benzene rings is 3. The number of fused-ring (bicyclic) bond motifs is 1. The van der Waals surface area contributed by atoms with Crippen LogP contribution in [0.15, 0.2) is 72.8 Å². The van der Waals surface area contributed by atoms with Crippen LogP contribution in [0.5, 0.6) is 11.5 Å². The molecule has 6 nitrogen and oxygen atoms in total. The predicted molar refractivity (Wildman–Crippen MR) is 134 cm³/mol. The highest BCUT2D eigenvalue weighted by atomic mass is 16.5. The number of amides is 2. The van der Waals surface area contributed by atoms with Gasteiger partial charge in [-0.2, -0.15) is 0 Å². The normalized spacial score (nSPS) is 17.0. The molecular weight excluding hydrogens is 428 g/mol. The second-order valence-corrected chi connectivity index (χ2v) is 8.38. The Bertz CT molecular complexity index is 1160. The predicted octanol–water partition coefficient (Wildman–Crippen LogP) is 5.28. The molecule has 0 bridgehead atoms. The molecule has 0 saturated carbocycles. The molecule has 1 aliphatic heterocycles. The van der Waals surface area contributed by atoms with Crippen LogP contribution in [0.4, 0.5) is 11.4 Å². The summed E-state index contributed by atoms with van der Waals surface area (Å²) < 4.78 is 10.5. The first-order chi connectivity index (χ1) is 16.5. The molecule has 0 radical (unpaired) electrons. The Balaban J connectivity index is 1.66. The third-order valence-electron chi connectivity index (χ3n) is 6.41. The quantitative estimate of drug-likeness (QED) is 0.504. The summed E-state index contributed by atoms with van der Waals surface area (Å²) in [5.74, 6) is 1.05. The Labute approximate surface area is 200 Å². The van der Waals surface area contributed by atoms with Gasteiger partial charge in [0.05, 0.1) is 20.1 Å². The number of likely N-dealkylation sites (N-methyl/N-ethyl adjacent to an activating group) is 1. The summed E-state index contributed by atoms with van der Waals surface area (Å²) in [5, 5.41) is 0. The van der Waals surface area contributed by atoms with E-state index < -0.39 is 0 Å². The van der Waals surface area contributed by atoms with E-state index in [2.05, 4.69) is 0 Å². The van der Waals surface area contributed by atoms with Crippen molar-refractivity contribution in [1.29, 1.82) is 0 Å². The van der Waals surface area contributed by atoms with Crippen molar-refractivity contribution in [3.8, 4) is 11.5 Å². The molecule has 2 unspecified atom stereocenters. The first-order valence-corrected chi connectivity index (χ1v) is 11.5. The maximum absolute atomic E-state index is 13.8. The number of methoxy groups -OCH3 is 2. The maximum atomic E-state index is 13.8. The van der Waals surface area contributed by atoms with Crippen LogP contribution in [0, 0.1) is 0 Å². The van der Waals surface area contributed by atoms with E-state index in [1.165, 1.54) is 0 Å². The Kier molecular flexibility index (Phi) is 6.87. The molecular formula is C28H30N2O4. The van der Waals surface area contributed by atoms with E-state index in [0.29, 0.717) is 24.3 Å². The van der Waals surface area contributed by atoms with E-state index in [9.17, 15) is 9.59 Å². The van der Waals surface area contributed by atoms with Gasteiger partial charge in [-0.05, 0) is 80.4 Å². The molecule has 0 aromatic heterocycles. The van der Waals surface area contributed by atoms with Gasteiger partial charge in [-0.3, -0.25) is 9.59 Å². The van der Waals surface area contributed by atoms with Crippen LogP contribution >= 0.6 is 0 Å². The SMILES string of the molecule is CCN(C(=O)C1CC(C)N(C(=O)c2ccc(OC)cc2)c2ccccc21)c1ccc(OC)cc1. The van der Waals surface area contributed by atoms with Crippen molar-refractivity contribution in [2.24, 2.45) is 0 Å². The van der Waals surface area contributed by atoms with Crippen LogP contribution in [0.25, 0.3) is 0 Å². The third kappa shape index (κ3) is 4.36. The highest BCUT2D eigenvalue weighted by molar-refractivity contribution is 6.09. The summed E-state index contributed by atoms with van der Waals surface area (Å²) >= 11 is 0. The average Bonchev–Trinajstić information content (AvgIpc) is 2.88. The maximum Gasteiger partial charge on any atom is 0.258 e. The van der Waals surface area contributed by atoms with Crippen molar-refractivity contribution in [1.82, 2.24) is 0 Å². The van der Waals surface area contributed by atoms with Crippen molar-refractivity contribution < 1.29 is 19.1 Å². The lowest BCUT2D eigenvalue weighted by Crippen LogP contribution is -2.46. The number of hydrogen-bond donors (Lipinski definition) is 0. The molecule has 3 aromatic carbocycles. The Morgan fingerprint density at radius 3 is 2.09 bits per heavy atom. The Morgan fingerprint density at radius 1 is 0.912 bits per heavy atom. The smallest absolute Gasteiger partial charge is 0.258 e. The standard InChI is InChI=1S/C28H30N2O4/c1-5-29(21-12-16-23(34-4)17-13-21)28(32)25-18-19(2)30(26-9-7-6-8-24(25)26)27(31)20-10-14-22(33-3)15-11-20/h6-17,19,25H,5,18H2,1-4H3. The number of ether oxygens (including phenoxy) is 2. The molecule has 2 atom stereocenters. The zero-order valence-electron chi connectivity index (χ0n) is 20.0. The highest BCUT2D eigenvalue weighted by Crippen LogP contribution is 2.41. The summed E-state index contributed by atoms with van der Waals surface area (Å²) in [6.45, 7) is 4.52. The van der Waals surface area contributed by atoms with Crippen molar-refractivity contribution in [2.45, 2.75) is 32.2 Å². The van der Waals surface area contributed by atoms with Gasteiger partial charge in [-0.15, -0.1) is 0 Å². The largest absolute Gasteiger partial charge is 0.497 e. The van der Waals surface area contributed by atoms with Crippen molar-refractivity contribution in [3.63, 3.8) is 0 Å². The molecule has 0 fully saturated rings. The third-order valence-corrected chi connectivity index (χ3v) is 6.41. The van der Waals surface area contributed by atoms with Gasteiger partial charge in [0.25, 0.3) is 5.91 Å². The molecule has 0 aliphatic carbocycles. The van der Waals surface area contributed by atoms with Gasteiger partial charge in [-0.1, -0.05) is 18.2 Å². The molecule has 3 aromatic rings. The van der Waals surface area contributed by atoms with Crippen LogP contribution in [-0.2, 0) is 4.79 Å². The first-order valence-electron chi connectivity index (χ1n) is 11.5. The highest BCUT2D eigenvalue weighted by Gasteiger charge is 2.38. The van der Waals surface area contributed by atoms with Crippen LogP contribution in [0.1, 0.15) is 42.1 Å². The number of carbonyl (C=O) groups excluding carboxylic acids is 2. The second-order valence-electron chi connectivity index (χ2n) is 8.38. The molecule has 176 valence electrons. The lowest BCUT2D eigenvalue weighted by molar-refractivity contribution is -0.120. The molecule has 6 heteroatoms. The van der Waals surface area contributed by atoms with Gasteiger partial charge in [0.15, 0.2) is 0 Å². The Morgan fingerprint density at radius 2 is 1.50 bits per heavy atom. The second kappa shape index (κ2) is 10.00. The minimum absolute atomic E-state index is 0.0310. The van der Waals surface area contributed by atoms with Gasteiger partial charge in [0.2, 0.25) is 5.91 Å². The van der Waals surface area contributed by atoms with E-state index in [0.717, 1.165) is 22.7 Å². The monoisotopic (exact) mass is 458 g/mol. The average molecular weight is 459 g/mol. The summed E-state index contributed by atoms with van der Waals surface area (Å²) in [6, 6.07) is 22.2. The van der Waals surface area contributed by atoms with Gasteiger partial charge >= 0.3 is 0 Å². The van der Waals surface area contributed by atoms with Gasteiger partial charge in [-0.25, -0.2) is 0 Å². The fraction of sp³-hybridized carbons (Fsp3) is 0.286. The molecule has 34 heavy (non-hydrogen) atoms. The van der Waals surface area contributed by atoms with Gasteiger partial charge in [0.1, 0.15) is 11.5 Å². The topological polar surface area (TPSA) is 59.1 Å². The minimum atomic E-state index is -0.340. The zero-order chi connectivity index (χ0) is 24.2. The van der Waals surface area contributed by atoms with E-state index in [1.54, 1.807) is 43.4 Å². The van der Waals surface area contributed by atoms with E-state index in [4.69, 9.17) is 9.47 Å². The van der Waals surface area contributed by atoms with E-state index in [-0.39, 0.29) is 23.8 Å². The van der Waals surface area contributed by atoms with Crippen molar-refractivity contribution >= 4 is 23.2 Å². The molecule has 2 amide bonds. The van der Waals surface area contributed by atoms with Crippen LogP contribution in [0.3, 0.4) is 0 Å². The Hall–Kier alpha value is -3.80. The summed E-state index contributed by atoms with van der Waals surface area (Å²) in [4.78, 5) is 30.9. The molecule has 0 saturated heterocycles. The zero-order valence-corrected chi connectivity index (χ0v) is 20.0. The lowest BCUT2D eigenvalue weighted by atomic mass is 9.84. The van der Waals surface area contributed by atoms with E-state index >= 15 is 0 Å². The summed E-state index contributed by atoms with van der Waals surface area (Å²) in [5.41, 5.74) is 3.07. The first kappa shape index (κ1) is 23.4. The minimum Gasteiger partial charge on any atom is -0.497 e. The molecule has 1 aliphatic rings. The summed E-state index contributed by atoms with van der Waals surface area (Å²) in [7, 11) is 3.22. The molecule has 0 N–H and O–H groups in total. The molecule has 4 rings (SSSR count). The summed E-state index contributed by atoms with van der Waals surface area (Å²) in [6.07, 6.45) is 0.546. The van der Waals surface area contributed by atoms with Crippen LogP contribution in [-0.4, -0.2) is 38.6 Å². The number of para-hydroxylation sites is 1. The fourth-order valence-corrected chi connectivity index (χ4v) is 4.64. The van der Waals surface area contributed by atoms with Crippen LogP contribution < -0.4 is 19.3 Å². The lowest BCUT2D eigenvalue weighted by Gasteiger charge is -2.40. The van der Waals surface area contributed by atoms with Gasteiger partial charge in [0, 0.05) is 29.5 Å². The van der Waals surface area contributed by atoms with Crippen molar-refractivity contribution in [2.75, 3.05) is 30.6 Å². The number of hydrogen-bond acceptors (Lipinski definition) is 4. The van der Waals surface area contributed by atoms with Gasteiger partial charge < -0.3 is 19.3 Å². The van der Waals surface area contributed by atoms with E-state index in [1.807, 2.05) is 67.3 Å².